The van der Waals surface area contributed by atoms with E-state index in [1.165, 1.54) is 0 Å². The summed E-state index contributed by atoms with van der Waals surface area (Å²) in [6.45, 7) is 8.44. The Bertz CT molecular complexity index is 832. The van der Waals surface area contributed by atoms with Gasteiger partial charge in [-0.25, -0.2) is 0 Å². The van der Waals surface area contributed by atoms with Gasteiger partial charge in [0.2, 0.25) is 5.91 Å². The monoisotopic (exact) mass is 442 g/mol. The van der Waals surface area contributed by atoms with Gasteiger partial charge < -0.3 is 19.4 Å². The first-order valence-corrected chi connectivity index (χ1v) is 11.9. The predicted molar refractivity (Wildman–Crippen MR) is 126 cm³/mol. The summed E-state index contributed by atoms with van der Waals surface area (Å²) in [5.74, 6) is 0.431. The number of benzene rings is 1. The molecule has 2 amide bonds. The highest BCUT2D eigenvalue weighted by Crippen LogP contribution is 2.57. The second-order valence-electron chi connectivity index (χ2n) is 9.93. The topological polar surface area (TPSA) is 56.3 Å². The van der Waals surface area contributed by atoms with Gasteiger partial charge in [-0.05, 0) is 50.5 Å². The van der Waals surface area contributed by atoms with Crippen LogP contribution in [0.4, 0.5) is 5.69 Å². The first-order chi connectivity index (χ1) is 15.4. The van der Waals surface area contributed by atoms with E-state index >= 15 is 0 Å². The molecule has 3 fully saturated rings. The molecule has 1 unspecified atom stereocenters. The molecular weight excluding hydrogens is 404 g/mol. The molecule has 0 bridgehead atoms. The molecule has 0 aromatic heterocycles. The second kappa shape index (κ2) is 9.02. The number of anilines is 1. The number of nitrogens with zero attached hydrogens (tertiary/aromatic N) is 4. The number of carbonyl (C=O) groups excluding carboxylic acids is 2. The van der Waals surface area contributed by atoms with Crippen LogP contribution in [-0.2, 0) is 9.53 Å². The number of amides is 2. The van der Waals surface area contributed by atoms with Gasteiger partial charge in [0.25, 0.3) is 5.91 Å². The molecule has 0 radical (unpaired) electrons. The van der Waals surface area contributed by atoms with Crippen LogP contribution in [0.3, 0.4) is 0 Å². The zero-order valence-electron chi connectivity index (χ0n) is 20.1. The Hall–Kier alpha value is -2.12. The lowest BCUT2D eigenvalue weighted by atomic mass is 9.60. The molecule has 0 aliphatic carbocycles. The van der Waals surface area contributed by atoms with Crippen molar-refractivity contribution >= 4 is 17.5 Å². The Balaban J connectivity index is 1.50. The van der Waals surface area contributed by atoms with Crippen molar-refractivity contribution in [3.63, 3.8) is 0 Å². The molecule has 4 rings (SSSR count). The third-order valence-corrected chi connectivity index (χ3v) is 8.17. The highest BCUT2D eigenvalue weighted by atomic mass is 16.5. The van der Waals surface area contributed by atoms with E-state index in [1.807, 2.05) is 53.1 Å². The zero-order chi connectivity index (χ0) is 22.9. The molecule has 3 aliphatic rings. The average molecular weight is 443 g/mol. The molecule has 2 spiro atoms. The van der Waals surface area contributed by atoms with Crippen LogP contribution in [-0.4, -0.2) is 100 Å². The van der Waals surface area contributed by atoms with Crippen LogP contribution in [0.25, 0.3) is 0 Å². The number of carbonyl (C=O) groups is 2. The summed E-state index contributed by atoms with van der Waals surface area (Å²) in [5, 5.41) is 0. The van der Waals surface area contributed by atoms with E-state index in [9.17, 15) is 9.59 Å². The molecule has 0 N–H and O–H groups in total. The predicted octanol–water partition coefficient (Wildman–Crippen LogP) is 2.18. The van der Waals surface area contributed by atoms with E-state index in [0.29, 0.717) is 25.6 Å². The highest BCUT2D eigenvalue weighted by Gasteiger charge is 2.64. The minimum atomic E-state index is -0.306. The van der Waals surface area contributed by atoms with Crippen LogP contribution in [0.5, 0.6) is 0 Å². The smallest absolute Gasteiger partial charge is 0.253 e. The zero-order valence-corrected chi connectivity index (χ0v) is 20.1. The van der Waals surface area contributed by atoms with Crippen LogP contribution < -0.4 is 4.90 Å². The normalized spacial score (nSPS) is 25.3. The van der Waals surface area contributed by atoms with Crippen molar-refractivity contribution in [2.24, 2.45) is 10.8 Å². The van der Waals surface area contributed by atoms with Gasteiger partial charge in [-0.3, -0.25) is 14.5 Å². The minimum absolute atomic E-state index is 0.0483. The number of hydrogen-bond donors (Lipinski definition) is 0. The Morgan fingerprint density at radius 3 is 2.31 bits per heavy atom. The third-order valence-electron chi connectivity index (χ3n) is 8.17. The van der Waals surface area contributed by atoms with Crippen LogP contribution >= 0.6 is 0 Å². The number of rotatable bonds is 6. The van der Waals surface area contributed by atoms with Crippen LogP contribution in [0.15, 0.2) is 24.3 Å². The summed E-state index contributed by atoms with van der Waals surface area (Å²) in [7, 11) is 5.73. The van der Waals surface area contributed by atoms with Crippen LogP contribution in [0.2, 0.25) is 0 Å². The average Bonchev–Trinajstić information content (AvgIpc) is 3.29. The van der Waals surface area contributed by atoms with E-state index in [4.69, 9.17) is 4.74 Å². The largest absolute Gasteiger partial charge is 0.383 e. The van der Waals surface area contributed by atoms with Gasteiger partial charge in [-0.15, -0.1) is 0 Å². The van der Waals surface area contributed by atoms with Crippen molar-refractivity contribution in [2.75, 3.05) is 78.5 Å². The standard InChI is InChI=1S/C25H38N4O3/c1-5-28-15-12-25(23(28)31)19-27(16-17-32-4)18-24(25)10-13-29(14-11-24)22(30)20-6-8-21(9-7-20)26(2)3/h6-9H,5,10-19H2,1-4H3. The van der Waals surface area contributed by atoms with Crippen molar-refractivity contribution < 1.29 is 14.3 Å². The number of methoxy groups -OCH3 is 1. The first kappa shape index (κ1) is 23.1. The van der Waals surface area contributed by atoms with Gasteiger partial charge in [-0.2, -0.15) is 0 Å². The maximum absolute atomic E-state index is 13.6. The third kappa shape index (κ3) is 3.79. The quantitative estimate of drug-likeness (QED) is 0.676. The van der Waals surface area contributed by atoms with Gasteiger partial charge >= 0.3 is 0 Å². The van der Waals surface area contributed by atoms with E-state index in [-0.39, 0.29) is 16.7 Å². The minimum Gasteiger partial charge on any atom is -0.383 e. The Labute approximate surface area is 192 Å². The summed E-state index contributed by atoms with van der Waals surface area (Å²) >= 11 is 0. The van der Waals surface area contributed by atoms with Crippen LogP contribution in [0.1, 0.15) is 36.5 Å². The number of fused-ring (bicyclic) bond motifs is 1. The Morgan fingerprint density at radius 1 is 1.06 bits per heavy atom. The lowest BCUT2D eigenvalue weighted by Gasteiger charge is -2.47. The summed E-state index contributed by atoms with van der Waals surface area (Å²) in [6, 6.07) is 7.83. The fourth-order valence-corrected chi connectivity index (χ4v) is 6.20. The molecule has 1 aromatic rings. The molecular formula is C25H38N4O3. The fraction of sp³-hybridized carbons (Fsp3) is 0.680. The van der Waals surface area contributed by atoms with E-state index < -0.39 is 0 Å². The summed E-state index contributed by atoms with van der Waals surface area (Å²) in [5.41, 5.74) is 1.47. The SMILES string of the molecule is CCN1CCC2(CN(CCOC)CC23CCN(C(=O)c2ccc(N(C)C)cc2)CC3)C1=O. The maximum Gasteiger partial charge on any atom is 0.253 e. The Kier molecular flexibility index (Phi) is 6.50. The lowest BCUT2D eigenvalue weighted by molar-refractivity contribution is -0.141. The second-order valence-corrected chi connectivity index (χ2v) is 9.93. The molecule has 1 aromatic carbocycles. The first-order valence-electron chi connectivity index (χ1n) is 11.9. The lowest BCUT2D eigenvalue weighted by Crippen LogP contribution is -2.53. The molecule has 3 heterocycles. The summed E-state index contributed by atoms with van der Waals surface area (Å²) < 4.78 is 5.33. The Morgan fingerprint density at radius 2 is 1.75 bits per heavy atom. The van der Waals surface area contributed by atoms with Crippen molar-refractivity contribution in [1.29, 1.82) is 0 Å². The summed E-state index contributed by atoms with van der Waals surface area (Å²) in [6.07, 6.45) is 2.71. The van der Waals surface area contributed by atoms with E-state index in [2.05, 4.69) is 11.8 Å². The highest BCUT2D eigenvalue weighted by molar-refractivity contribution is 5.94. The number of hydrogen-bond acceptors (Lipinski definition) is 5. The van der Waals surface area contributed by atoms with Crippen molar-refractivity contribution in [2.45, 2.75) is 26.2 Å². The number of likely N-dealkylation sites (tertiary alicyclic amines) is 3. The van der Waals surface area contributed by atoms with Gasteiger partial charge in [0.1, 0.15) is 0 Å². The molecule has 7 heteroatoms. The molecule has 0 saturated carbocycles. The fourth-order valence-electron chi connectivity index (χ4n) is 6.20. The molecule has 7 nitrogen and oxygen atoms in total. The van der Waals surface area contributed by atoms with Crippen molar-refractivity contribution in [3.05, 3.63) is 29.8 Å². The molecule has 3 aliphatic heterocycles. The molecule has 1 atom stereocenters. The van der Waals surface area contributed by atoms with E-state index in [0.717, 1.165) is 63.2 Å². The van der Waals surface area contributed by atoms with Gasteiger partial charge in [0.15, 0.2) is 0 Å². The number of ether oxygens (including phenoxy) is 1. The van der Waals surface area contributed by atoms with Gasteiger partial charge in [-0.1, -0.05) is 0 Å². The summed E-state index contributed by atoms with van der Waals surface area (Å²) in [4.78, 5) is 35.2. The maximum atomic E-state index is 13.6. The number of piperidine rings is 1. The van der Waals surface area contributed by atoms with Gasteiger partial charge in [0, 0.05) is 83.7 Å². The van der Waals surface area contributed by atoms with Crippen LogP contribution in [0, 0.1) is 10.8 Å². The molecule has 32 heavy (non-hydrogen) atoms. The van der Waals surface area contributed by atoms with E-state index in [1.54, 1.807) is 7.11 Å². The van der Waals surface area contributed by atoms with Gasteiger partial charge in [0.05, 0.1) is 12.0 Å². The molecule has 176 valence electrons. The van der Waals surface area contributed by atoms with Crippen molar-refractivity contribution in [1.82, 2.24) is 14.7 Å². The van der Waals surface area contributed by atoms with Crippen molar-refractivity contribution in [3.8, 4) is 0 Å². The molecule has 3 saturated heterocycles.